The number of rotatable bonds is 5. The number of hydrogen-bond acceptors (Lipinski definition) is 7. The van der Waals surface area contributed by atoms with E-state index in [-0.39, 0.29) is 42.3 Å². The van der Waals surface area contributed by atoms with Gasteiger partial charge in [-0.1, -0.05) is 13.8 Å². The highest BCUT2D eigenvalue weighted by molar-refractivity contribution is 5.66. The number of likely N-dealkylation sites (N-methyl/N-ethyl adjacent to an activating group) is 1. The highest BCUT2D eigenvalue weighted by Gasteiger charge is 2.49. The number of nitrogens with zero attached hydrogens (tertiary/aromatic N) is 1. The van der Waals surface area contributed by atoms with E-state index in [0.29, 0.717) is 5.92 Å². The first-order valence-electron chi connectivity index (χ1n) is 9.91. The van der Waals surface area contributed by atoms with Crippen molar-refractivity contribution in [1.82, 2.24) is 4.90 Å². The van der Waals surface area contributed by atoms with Gasteiger partial charge >= 0.3 is 5.97 Å². The number of hydrogen-bond donors (Lipinski definition) is 0. The van der Waals surface area contributed by atoms with Crippen molar-refractivity contribution in [3.8, 4) is 0 Å². The third-order valence-corrected chi connectivity index (χ3v) is 6.17. The molecule has 2 saturated heterocycles. The van der Waals surface area contributed by atoms with Gasteiger partial charge in [0.15, 0.2) is 6.29 Å². The van der Waals surface area contributed by atoms with Gasteiger partial charge in [-0.25, -0.2) is 0 Å². The van der Waals surface area contributed by atoms with E-state index in [9.17, 15) is 4.79 Å². The van der Waals surface area contributed by atoms with Gasteiger partial charge in [-0.3, -0.25) is 4.79 Å². The van der Waals surface area contributed by atoms with Gasteiger partial charge in [-0.15, -0.1) is 0 Å². The van der Waals surface area contributed by atoms with Gasteiger partial charge in [0, 0.05) is 31.9 Å². The number of ether oxygens (including phenoxy) is 5. The Hall–Kier alpha value is -0.730. The standard InChI is InChI=1S/C20H37NO6/c1-10-12(3)24-14(5)18(16(10)21(7)8)27-20-19(23-9)17(26-15(6)22)11(2)13(4)25-20/h10-14,16-20H,1-9H3/t10-,11+,12?,13+,14?,16+,17-,18+,19+,20-/m0/s1. The molecular weight excluding hydrogens is 350 g/mol. The molecule has 10 atom stereocenters. The molecule has 2 unspecified atom stereocenters. The molecule has 0 radical (unpaired) electrons. The molecule has 2 fully saturated rings. The highest BCUT2D eigenvalue weighted by atomic mass is 16.7. The number of esters is 1. The van der Waals surface area contributed by atoms with Gasteiger partial charge in [0.05, 0.1) is 18.3 Å². The van der Waals surface area contributed by atoms with Crippen LogP contribution < -0.4 is 0 Å². The molecule has 7 nitrogen and oxygen atoms in total. The Bertz CT molecular complexity index is 501. The van der Waals surface area contributed by atoms with Crippen LogP contribution in [0.25, 0.3) is 0 Å². The summed E-state index contributed by atoms with van der Waals surface area (Å²) in [7, 11) is 5.72. The molecule has 158 valence electrons. The van der Waals surface area contributed by atoms with Crippen LogP contribution in [0.2, 0.25) is 0 Å². The van der Waals surface area contributed by atoms with Gasteiger partial charge in [-0.2, -0.15) is 0 Å². The maximum Gasteiger partial charge on any atom is 0.303 e. The molecule has 0 saturated carbocycles. The molecule has 0 bridgehead atoms. The van der Waals surface area contributed by atoms with Crippen LogP contribution in [0.15, 0.2) is 0 Å². The van der Waals surface area contributed by atoms with Crippen LogP contribution in [0.3, 0.4) is 0 Å². The van der Waals surface area contributed by atoms with Crippen molar-refractivity contribution >= 4 is 5.97 Å². The van der Waals surface area contributed by atoms with Gasteiger partial charge in [-0.05, 0) is 34.9 Å². The molecule has 2 heterocycles. The second-order valence-corrected chi connectivity index (χ2v) is 8.30. The summed E-state index contributed by atoms with van der Waals surface area (Å²) >= 11 is 0. The minimum atomic E-state index is -0.635. The minimum absolute atomic E-state index is 0.00215. The fourth-order valence-corrected chi connectivity index (χ4v) is 4.36. The zero-order valence-corrected chi connectivity index (χ0v) is 18.2. The molecule has 2 aliphatic rings. The zero-order chi connectivity index (χ0) is 20.5. The Morgan fingerprint density at radius 2 is 1.44 bits per heavy atom. The summed E-state index contributed by atoms with van der Waals surface area (Å²) in [6.07, 6.45) is -1.81. The monoisotopic (exact) mass is 387 g/mol. The molecule has 0 spiro atoms. The van der Waals surface area contributed by atoms with Gasteiger partial charge in [0.2, 0.25) is 0 Å². The third kappa shape index (κ3) is 4.82. The number of carbonyl (C=O) groups is 1. The van der Waals surface area contributed by atoms with Crippen LogP contribution in [-0.2, 0) is 28.5 Å². The van der Waals surface area contributed by atoms with Crippen molar-refractivity contribution in [1.29, 1.82) is 0 Å². The van der Waals surface area contributed by atoms with Crippen LogP contribution in [0.5, 0.6) is 0 Å². The van der Waals surface area contributed by atoms with Crippen molar-refractivity contribution in [3.63, 3.8) is 0 Å². The Balaban J connectivity index is 2.25. The Kier molecular flexibility index (Phi) is 7.67. The molecule has 7 heteroatoms. The minimum Gasteiger partial charge on any atom is -0.459 e. The summed E-state index contributed by atoms with van der Waals surface area (Å²) in [6, 6.07) is 0.173. The first kappa shape index (κ1) is 22.6. The van der Waals surface area contributed by atoms with Gasteiger partial charge in [0.1, 0.15) is 18.3 Å². The first-order chi connectivity index (χ1) is 12.6. The molecule has 0 aromatic carbocycles. The lowest BCUT2D eigenvalue weighted by Crippen LogP contribution is -2.62. The zero-order valence-electron chi connectivity index (χ0n) is 18.2. The SMILES string of the molecule is CO[C@H]1[C@H](O[C@@H]2C(C)OC(C)[C@H](C)[C@H]2N(C)C)O[C@H](C)[C@@H](C)[C@@H]1OC(C)=O. The van der Waals surface area contributed by atoms with Crippen molar-refractivity contribution in [2.45, 2.75) is 90.5 Å². The third-order valence-electron chi connectivity index (χ3n) is 6.17. The molecule has 0 aliphatic carbocycles. The van der Waals surface area contributed by atoms with Crippen LogP contribution in [0.4, 0.5) is 0 Å². The normalized spacial score (nSPS) is 45.7. The van der Waals surface area contributed by atoms with E-state index in [1.54, 1.807) is 7.11 Å². The summed E-state index contributed by atoms with van der Waals surface area (Å²) < 4.78 is 30.0. The van der Waals surface area contributed by atoms with Gasteiger partial charge < -0.3 is 28.6 Å². The summed E-state index contributed by atoms with van der Waals surface area (Å²) in [4.78, 5) is 13.8. The van der Waals surface area contributed by atoms with E-state index >= 15 is 0 Å². The Morgan fingerprint density at radius 3 is 1.96 bits per heavy atom. The maximum atomic E-state index is 11.6. The number of methoxy groups -OCH3 is 1. The molecule has 2 aliphatic heterocycles. The van der Waals surface area contributed by atoms with E-state index in [0.717, 1.165) is 0 Å². The average Bonchev–Trinajstić information content (AvgIpc) is 2.56. The maximum absolute atomic E-state index is 11.6. The van der Waals surface area contributed by atoms with E-state index in [4.69, 9.17) is 23.7 Å². The first-order valence-corrected chi connectivity index (χ1v) is 9.91. The fraction of sp³-hybridized carbons (Fsp3) is 0.950. The lowest BCUT2D eigenvalue weighted by Gasteiger charge is -2.50. The topological polar surface area (TPSA) is 66.5 Å². The van der Waals surface area contributed by atoms with E-state index in [1.807, 2.05) is 20.8 Å². The smallest absolute Gasteiger partial charge is 0.303 e. The highest BCUT2D eigenvalue weighted by Crippen LogP contribution is 2.35. The van der Waals surface area contributed by atoms with Crippen LogP contribution in [-0.4, -0.2) is 81.0 Å². The van der Waals surface area contributed by atoms with Crippen LogP contribution >= 0.6 is 0 Å². The van der Waals surface area contributed by atoms with Gasteiger partial charge in [0.25, 0.3) is 0 Å². The molecule has 0 aromatic rings. The van der Waals surface area contributed by atoms with E-state index < -0.39 is 18.5 Å². The van der Waals surface area contributed by atoms with Crippen molar-refractivity contribution < 1.29 is 28.5 Å². The second kappa shape index (κ2) is 9.18. The Labute approximate surface area is 163 Å². The summed E-state index contributed by atoms with van der Waals surface area (Å²) in [6.45, 7) is 11.7. The largest absolute Gasteiger partial charge is 0.459 e. The van der Waals surface area contributed by atoms with Crippen molar-refractivity contribution in [3.05, 3.63) is 0 Å². The quantitative estimate of drug-likeness (QED) is 0.669. The Morgan fingerprint density at radius 1 is 0.852 bits per heavy atom. The van der Waals surface area contributed by atoms with Crippen molar-refractivity contribution in [2.75, 3.05) is 21.2 Å². The lowest BCUT2D eigenvalue weighted by molar-refractivity contribution is -0.321. The molecule has 0 amide bonds. The van der Waals surface area contributed by atoms with Crippen LogP contribution in [0.1, 0.15) is 41.5 Å². The molecule has 0 N–H and O–H groups in total. The predicted molar refractivity (Wildman–Crippen MR) is 101 cm³/mol. The summed E-state index contributed by atoms with van der Waals surface area (Å²) in [5, 5.41) is 0. The lowest BCUT2D eigenvalue weighted by atomic mass is 9.85. The average molecular weight is 388 g/mol. The summed E-state index contributed by atoms with van der Waals surface area (Å²) in [5.74, 6) is -0.0292. The fourth-order valence-electron chi connectivity index (χ4n) is 4.36. The predicted octanol–water partition coefficient (Wildman–Crippen LogP) is 2.07. The van der Waals surface area contributed by atoms with E-state index in [2.05, 4.69) is 32.8 Å². The molecule has 2 rings (SSSR count). The van der Waals surface area contributed by atoms with Crippen molar-refractivity contribution in [2.24, 2.45) is 11.8 Å². The second-order valence-electron chi connectivity index (χ2n) is 8.30. The molecular formula is C20H37NO6. The van der Waals surface area contributed by atoms with Crippen LogP contribution in [0, 0.1) is 11.8 Å². The van der Waals surface area contributed by atoms with E-state index in [1.165, 1.54) is 6.92 Å². The molecule has 27 heavy (non-hydrogen) atoms. The summed E-state index contributed by atoms with van der Waals surface area (Å²) in [5.41, 5.74) is 0. The number of carbonyl (C=O) groups excluding carboxylic acids is 1. The molecule has 0 aromatic heterocycles.